The maximum Gasteiger partial charge on any atom is 0.241 e. The molecule has 1 N–H and O–H groups in total. The summed E-state index contributed by atoms with van der Waals surface area (Å²) in [7, 11) is 5.50. The molecule has 106 valence electrons. The van der Waals surface area contributed by atoms with Gasteiger partial charge in [-0.25, -0.2) is 0 Å². The van der Waals surface area contributed by atoms with Gasteiger partial charge in [0.05, 0.1) is 23.5 Å². The number of nitrogens with one attached hydrogen (secondary N) is 1. The Bertz CT molecular complexity index is 457. The maximum atomic E-state index is 12.3. The van der Waals surface area contributed by atoms with Crippen LogP contribution < -0.4 is 5.32 Å². The molecular weight excluding hydrogens is 244 g/mol. The monoisotopic (exact) mass is 266 g/mol. The van der Waals surface area contributed by atoms with Crippen LogP contribution in [-0.4, -0.2) is 53.4 Å². The van der Waals surface area contributed by atoms with E-state index in [1.807, 2.05) is 32.1 Å². The quantitative estimate of drug-likeness (QED) is 0.869. The van der Waals surface area contributed by atoms with Crippen molar-refractivity contribution in [1.29, 1.82) is 0 Å². The maximum absolute atomic E-state index is 12.3. The Labute approximate surface area is 113 Å². The Kier molecular flexibility index (Phi) is 4.21. The van der Waals surface area contributed by atoms with E-state index in [4.69, 9.17) is 4.74 Å². The normalized spacial score (nSPS) is 23.8. The van der Waals surface area contributed by atoms with Crippen LogP contribution in [0, 0.1) is 0 Å². The van der Waals surface area contributed by atoms with Crippen molar-refractivity contribution in [2.75, 3.05) is 26.0 Å². The molecule has 0 bridgehead atoms. The van der Waals surface area contributed by atoms with Crippen LogP contribution in [0.4, 0.5) is 5.69 Å². The summed E-state index contributed by atoms with van der Waals surface area (Å²) < 4.78 is 7.05. The Morgan fingerprint density at radius 1 is 1.58 bits per heavy atom. The highest BCUT2D eigenvalue weighted by Crippen LogP contribution is 2.21. The molecule has 1 aromatic rings. The van der Waals surface area contributed by atoms with E-state index in [9.17, 15) is 4.79 Å². The minimum atomic E-state index is -0.130. The number of aromatic nitrogens is 2. The molecule has 2 rings (SSSR count). The van der Waals surface area contributed by atoms with Crippen molar-refractivity contribution in [2.45, 2.75) is 31.9 Å². The second-order valence-corrected chi connectivity index (χ2v) is 5.05. The zero-order valence-corrected chi connectivity index (χ0v) is 12.0. The number of carbonyl (C=O) groups excluding carboxylic acids is 1. The molecule has 0 aromatic carbocycles. The fourth-order valence-electron chi connectivity index (χ4n) is 2.55. The van der Waals surface area contributed by atoms with Crippen molar-refractivity contribution < 1.29 is 9.53 Å². The van der Waals surface area contributed by atoms with Gasteiger partial charge in [0.15, 0.2) is 0 Å². The summed E-state index contributed by atoms with van der Waals surface area (Å²) in [6.07, 6.45) is 3.53. The van der Waals surface area contributed by atoms with Crippen LogP contribution in [0.2, 0.25) is 0 Å². The molecule has 2 heterocycles. The molecule has 6 nitrogen and oxygen atoms in total. The lowest BCUT2D eigenvalue weighted by atomic mass is 10.2. The summed E-state index contributed by atoms with van der Waals surface area (Å²) in [5.74, 6) is 0.0183. The van der Waals surface area contributed by atoms with Crippen LogP contribution in [0.15, 0.2) is 6.20 Å². The first-order chi connectivity index (χ1) is 9.05. The molecule has 6 heteroatoms. The van der Waals surface area contributed by atoms with Crippen LogP contribution in [0.25, 0.3) is 0 Å². The highest BCUT2D eigenvalue weighted by atomic mass is 16.5. The molecule has 2 atom stereocenters. The molecular formula is C13H22N4O2. The van der Waals surface area contributed by atoms with E-state index in [1.165, 1.54) is 0 Å². The highest BCUT2D eigenvalue weighted by Gasteiger charge is 2.34. The van der Waals surface area contributed by atoms with Crippen molar-refractivity contribution in [2.24, 2.45) is 7.05 Å². The number of likely N-dealkylation sites (tertiary alicyclic amines) is 1. The van der Waals surface area contributed by atoms with Crippen LogP contribution in [0.5, 0.6) is 0 Å². The van der Waals surface area contributed by atoms with Gasteiger partial charge in [-0.3, -0.25) is 14.4 Å². The Balaban J connectivity index is 2.04. The molecule has 0 spiro atoms. The molecule has 1 fully saturated rings. The summed E-state index contributed by atoms with van der Waals surface area (Å²) >= 11 is 0. The smallest absolute Gasteiger partial charge is 0.241 e. The van der Waals surface area contributed by atoms with E-state index in [-0.39, 0.29) is 18.1 Å². The van der Waals surface area contributed by atoms with Gasteiger partial charge in [-0.1, -0.05) is 6.92 Å². The Morgan fingerprint density at radius 2 is 2.32 bits per heavy atom. The summed E-state index contributed by atoms with van der Waals surface area (Å²) in [5, 5.41) is 7.30. The number of ether oxygens (including phenoxy) is 1. The van der Waals surface area contributed by atoms with Crippen molar-refractivity contribution in [1.82, 2.24) is 14.7 Å². The van der Waals surface area contributed by atoms with Gasteiger partial charge in [-0.05, 0) is 19.9 Å². The first kappa shape index (κ1) is 14.0. The van der Waals surface area contributed by atoms with Crippen LogP contribution in [0.3, 0.4) is 0 Å². The van der Waals surface area contributed by atoms with E-state index in [2.05, 4.69) is 10.4 Å². The lowest BCUT2D eigenvalue weighted by molar-refractivity contribution is -0.120. The molecule has 0 aliphatic carbocycles. The van der Waals surface area contributed by atoms with Gasteiger partial charge < -0.3 is 10.1 Å². The van der Waals surface area contributed by atoms with E-state index in [0.29, 0.717) is 0 Å². The number of hydrogen-bond acceptors (Lipinski definition) is 4. The standard InChI is InChI=1S/C13H22N4O2/c1-5-10-11(8-17(3)15-10)14-13(18)12-6-9(19-4)7-16(12)2/h8-9,12H,5-7H2,1-4H3,(H,14,18)/t9-,12-/m0/s1. The number of nitrogens with zero attached hydrogens (tertiary/aromatic N) is 3. The van der Waals surface area contributed by atoms with Crippen LogP contribution >= 0.6 is 0 Å². The Hall–Kier alpha value is -1.40. The van der Waals surface area contributed by atoms with Crippen LogP contribution in [-0.2, 0) is 23.0 Å². The first-order valence-corrected chi connectivity index (χ1v) is 6.61. The summed E-state index contributed by atoms with van der Waals surface area (Å²) in [6, 6.07) is -0.130. The topological polar surface area (TPSA) is 59.4 Å². The predicted molar refractivity (Wildman–Crippen MR) is 73.0 cm³/mol. The number of likely N-dealkylation sites (N-methyl/N-ethyl adjacent to an activating group) is 1. The third-order valence-electron chi connectivity index (χ3n) is 3.64. The van der Waals surface area contributed by atoms with Crippen molar-refractivity contribution in [3.63, 3.8) is 0 Å². The van der Waals surface area contributed by atoms with Gasteiger partial charge in [-0.2, -0.15) is 5.10 Å². The molecule has 0 unspecified atom stereocenters. The molecule has 1 aliphatic rings. The van der Waals surface area contributed by atoms with Crippen molar-refractivity contribution in [3.8, 4) is 0 Å². The largest absolute Gasteiger partial charge is 0.380 e. The predicted octanol–water partition coefficient (Wildman–Crippen LogP) is 0.640. The number of carbonyl (C=O) groups is 1. The molecule has 19 heavy (non-hydrogen) atoms. The molecule has 1 aliphatic heterocycles. The third kappa shape index (κ3) is 2.96. The number of hydrogen-bond donors (Lipinski definition) is 1. The lowest BCUT2D eigenvalue weighted by Crippen LogP contribution is -2.37. The van der Waals surface area contributed by atoms with E-state index < -0.39 is 0 Å². The second kappa shape index (κ2) is 5.71. The molecule has 0 radical (unpaired) electrons. The zero-order valence-electron chi connectivity index (χ0n) is 12.0. The minimum absolute atomic E-state index is 0.0183. The van der Waals surface area contributed by atoms with Gasteiger partial charge >= 0.3 is 0 Å². The minimum Gasteiger partial charge on any atom is -0.380 e. The summed E-state index contributed by atoms with van der Waals surface area (Å²) in [6.45, 7) is 2.82. The van der Waals surface area contributed by atoms with Gasteiger partial charge in [-0.15, -0.1) is 0 Å². The first-order valence-electron chi connectivity index (χ1n) is 6.61. The Morgan fingerprint density at radius 3 is 2.89 bits per heavy atom. The second-order valence-electron chi connectivity index (χ2n) is 5.05. The molecule has 0 saturated carbocycles. The fraction of sp³-hybridized carbons (Fsp3) is 0.692. The molecule has 1 saturated heterocycles. The van der Waals surface area contributed by atoms with E-state index in [0.717, 1.165) is 30.8 Å². The van der Waals surface area contributed by atoms with Crippen molar-refractivity contribution >= 4 is 11.6 Å². The lowest BCUT2D eigenvalue weighted by Gasteiger charge is -2.17. The highest BCUT2D eigenvalue weighted by molar-refractivity contribution is 5.95. The average Bonchev–Trinajstić information content (AvgIpc) is 2.92. The van der Waals surface area contributed by atoms with Crippen molar-refractivity contribution in [3.05, 3.63) is 11.9 Å². The number of amides is 1. The van der Waals surface area contributed by atoms with Gasteiger partial charge in [0.25, 0.3) is 0 Å². The average molecular weight is 266 g/mol. The van der Waals surface area contributed by atoms with Crippen LogP contribution in [0.1, 0.15) is 19.0 Å². The van der Waals surface area contributed by atoms with Gasteiger partial charge in [0, 0.05) is 26.9 Å². The molecule has 1 aromatic heterocycles. The number of anilines is 1. The molecule has 1 amide bonds. The van der Waals surface area contributed by atoms with Gasteiger partial charge in [0.1, 0.15) is 0 Å². The zero-order chi connectivity index (χ0) is 14.0. The van der Waals surface area contributed by atoms with Gasteiger partial charge in [0.2, 0.25) is 5.91 Å². The number of aryl methyl sites for hydroxylation is 2. The number of methoxy groups -OCH3 is 1. The SMILES string of the molecule is CCc1nn(C)cc1NC(=O)[C@@H]1C[C@H](OC)CN1C. The fourth-order valence-corrected chi connectivity index (χ4v) is 2.55. The number of rotatable bonds is 4. The summed E-state index contributed by atoms with van der Waals surface area (Å²) in [4.78, 5) is 14.4. The summed E-state index contributed by atoms with van der Waals surface area (Å²) in [5.41, 5.74) is 1.73. The van der Waals surface area contributed by atoms with E-state index in [1.54, 1.807) is 11.8 Å². The third-order valence-corrected chi connectivity index (χ3v) is 3.64. The van der Waals surface area contributed by atoms with E-state index >= 15 is 0 Å².